The topological polar surface area (TPSA) is 83.6 Å². The van der Waals surface area contributed by atoms with Gasteiger partial charge >= 0.3 is 5.97 Å². The molecule has 0 aromatic rings. The van der Waals surface area contributed by atoms with Crippen molar-refractivity contribution in [3.05, 3.63) is 0 Å². The molecule has 0 aromatic carbocycles. The molecule has 0 radical (unpaired) electrons. The lowest BCUT2D eigenvalue weighted by Gasteiger charge is -2.47. The highest BCUT2D eigenvalue weighted by atomic mass is 16.4. The maximum atomic E-state index is 13.0. The minimum Gasteiger partial charge on any atom is -0.481 e. The number of carbonyl (C=O) groups excluding carboxylic acids is 1. The molecule has 2 fully saturated rings. The van der Waals surface area contributed by atoms with E-state index in [-0.39, 0.29) is 12.3 Å². The summed E-state index contributed by atoms with van der Waals surface area (Å²) in [5, 5.41) is 9.29. The van der Waals surface area contributed by atoms with Crippen LogP contribution in [0.25, 0.3) is 0 Å². The summed E-state index contributed by atoms with van der Waals surface area (Å²) in [4.78, 5) is 26.1. The summed E-state index contributed by atoms with van der Waals surface area (Å²) in [5.74, 6) is -0.740. The molecule has 0 heterocycles. The maximum absolute atomic E-state index is 13.0. The van der Waals surface area contributed by atoms with Crippen molar-refractivity contribution >= 4 is 11.9 Å². The highest BCUT2D eigenvalue weighted by molar-refractivity contribution is 5.84. The first-order valence-corrected chi connectivity index (χ1v) is 8.16. The molecule has 1 amide bonds. The van der Waals surface area contributed by atoms with E-state index in [4.69, 9.17) is 5.73 Å². The summed E-state index contributed by atoms with van der Waals surface area (Å²) in [6.07, 6.45) is 8.55. The molecule has 0 atom stereocenters. The molecule has 2 saturated carbocycles. The molecule has 2 aliphatic carbocycles. The maximum Gasteiger partial charge on any atom is 0.305 e. The van der Waals surface area contributed by atoms with Crippen molar-refractivity contribution in [3.63, 3.8) is 0 Å². The minimum atomic E-state index is -0.815. The molecular weight excluding hydrogens is 268 g/mol. The van der Waals surface area contributed by atoms with Crippen LogP contribution in [0.4, 0.5) is 0 Å². The van der Waals surface area contributed by atoms with Crippen LogP contribution in [0.3, 0.4) is 0 Å². The second kappa shape index (κ2) is 6.34. The van der Waals surface area contributed by atoms with Crippen molar-refractivity contribution in [2.75, 3.05) is 13.6 Å². The first kappa shape index (κ1) is 16.3. The van der Waals surface area contributed by atoms with Gasteiger partial charge in [-0.15, -0.1) is 0 Å². The van der Waals surface area contributed by atoms with Crippen LogP contribution < -0.4 is 5.73 Å². The number of nitrogens with two attached hydrogens (primary N) is 1. The molecular formula is C16H28N2O3. The van der Waals surface area contributed by atoms with Gasteiger partial charge in [0, 0.05) is 13.6 Å². The Morgan fingerprint density at radius 3 is 2.05 bits per heavy atom. The number of carbonyl (C=O) groups is 2. The number of carboxylic acid groups (broad SMARTS) is 1. The molecule has 5 heteroatoms. The minimum absolute atomic E-state index is 0.0515. The smallest absolute Gasteiger partial charge is 0.305 e. The lowest BCUT2D eigenvalue weighted by molar-refractivity contribution is -0.152. The van der Waals surface area contributed by atoms with Crippen molar-refractivity contribution in [2.45, 2.75) is 69.7 Å². The van der Waals surface area contributed by atoms with Gasteiger partial charge in [0.2, 0.25) is 5.91 Å². The van der Waals surface area contributed by atoms with Crippen molar-refractivity contribution < 1.29 is 14.7 Å². The Morgan fingerprint density at radius 1 is 1.05 bits per heavy atom. The second-order valence-corrected chi connectivity index (χ2v) is 6.91. The molecule has 0 spiro atoms. The highest BCUT2D eigenvalue weighted by Gasteiger charge is 2.48. The lowest BCUT2D eigenvalue weighted by atomic mass is 9.75. The van der Waals surface area contributed by atoms with Crippen molar-refractivity contribution in [2.24, 2.45) is 11.1 Å². The Labute approximate surface area is 126 Å². The SMILES string of the molecule is CN(C(=O)C1(CN)CCCC1)C1(CC(=O)O)CCCCC1. The largest absolute Gasteiger partial charge is 0.481 e. The standard InChI is InChI=1S/C16H28N2O3/c1-18(14(21)15(12-17)7-5-6-8-15)16(11-13(19)20)9-3-2-4-10-16/h2-12,17H2,1H3,(H,19,20). The van der Waals surface area contributed by atoms with Crippen LogP contribution >= 0.6 is 0 Å². The highest BCUT2D eigenvalue weighted by Crippen LogP contribution is 2.43. The average Bonchev–Trinajstić information content (AvgIpc) is 2.96. The van der Waals surface area contributed by atoms with E-state index >= 15 is 0 Å². The van der Waals surface area contributed by atoms with Gasteiger partial charge in [-0.25, -0.2) is 0 Å². The fraction of sp³-hybridized carbons (Fsp3) is 0.875. The summed E-state index contributed by atoms with van der Waals surface area (Å²) >= 11 is 0. The third kappa shape index (κ3) is 3.07. The number of hydrogen-bond donors (Lipinski definition) is 2. The monoisotopic (exact) mass is 296 g/mol. The van der Waals surface area contributed by atoms with Gasteiger partial charge in [0.1, 0.15) is 0 Å². The summed E-state index contributed by atoms with van der Waals surface area (Å²) in [6.45, 7) is 0.374. The number of hydrogen-bond acceptors (Lipinski definition) is 3. The Hall–Kier alpha value is -1.10. The van der Waals surface area contributed by atoms with Gasteiger partial charge in [-0.05, 0) is 25.7 Å². The third-order valence-corrected chi connectivity index (χ3v) is 5.69. The zero-order valence-corrected chi connectivity index (χ0v) is 13.1. The van der Waals surface area contributed by atoms with Crippen LogP contribution in [0.2, 0.25) is 0 Å². The first-order valence-electron chi connectivity index (χ1n) is 8.16. The summed E-state index contributed by atoms with van der Waals surface area (Å²) in [5.41, 5.74) is 4.96. The van der Waals surface area contributed by atoms with Gasteiger partial charge in [-0.1, -0.05) is 32.1 Å². The Kier molecular flexibility index (Phi) is 4.91. The molecule has 120 valence electrons. The molecule has 0 unspecified atom stereocenters. The predicted molar refractivity (Wildman–Crippen MR) is 80.8 cm³/mol. The quantitative estimate of drug-likeness (QED) is 0.814. The predicted octanol–water partition coefficient (Wildman–Crippen LogP) is 2.14. The molecule has 2 rings (SSSR count). The van der Waals surface area contributed by atoms with E-state index in [2.05, 4.69) is 0 Å². The zero-order valence-electron chi connectivity index (χ0n) is 13.1. The number of rotatable bonds is 5. The Balaban J connectivity index is 2.22. The Morgan fingerprint density at radius 2 is 1.57 bits per heavy atom. The molecule has 0 aromatic heterocycles. The van der Waals surface area contributed by atoms with E-state index in [1.165, 1.54) is 0 Å². The van der Waals surface area contributed by atoms with Gasteiger partial charge in [-0.2, -0.15) is 0 Å². The van der Waals surface area contributed by atoms with Gasteiger partial charge in [0.25, 0.3) is 0 Å². The molecule has 3 N–H and O–H groups in total. The molecule has 0 bridgehead atoms. The van der Waals surface area contributed by atoms with Crippen LogP contribution in [-0.2, 0) is 9.59 Å². The second-order valence-electron chi connectivity index (χ2n) is 6.91. The van der Waals surface area contributed by atoms with Gasteiger partial charge in [-0.3, -0.25) is 9.59 Å². The number of carboxylic acids is 1. The van der Waals surface area contributed by atoms with Crippen LogP contribution in [0.15, 0.2) is 0 Å². The van der Waals surface area contributed by atoms with E-state index in [9.17, 15) is 14.7 Å². The summed E-state index contributed by atoms with van der Waals surface area (Å²) in [7, 11) is 1.80. The number of nitrogens with zero attached hydrogens (tertiary/aromatic N) is 1. The molecule has 0 aliphatic heterocycles. The van der Waals surface area contributed by atoms with Crippen molar-refractivity contribution in [1.82, 2.24) is 4.90 Å². The summed E-state index contributed by atoms with van der Waals surface area (Å²) in [6, 6.07) is 0. The van der Waals surface area contributed by atoms with E-state index in [0.29, 0.717) is 6.54 Å². The Bertz CT molecular complexity index is 396. The molecule has 2 aliphatic rings. The van der Waals surface area contributed by atoms with E-state index < -0.39 is 16.9 Å². The number of aliphatic carboxylic acids is 1. The van der Waals surface area contributed by atoms with E-state index in [1.54, 1.807) is 11.9 Å². The van der Waals surface area contributed by atoms with Crippen molar-refractivity contribution in [1.29, 1.82) is 0 Å². The summed E-state index contributed by atoms with van der Waals surface area (Å²) < 4.78 is 0. The van der Waals surface area contributed by atoms with E-state index in [1.807, 2.05) is 0 Å². The fourth-order valence-electron chi connectivity index (χ4n) is 4.25. The van der Waals surface area contributed by atoms with Crippen molar-refractivity contribution in [3.8, 4) is 0 Å². The zero-order chi connectivity index (χ0) is 15.5. The average molecular weight is 296 g/mol. The van der Waals surface area contributed by atoms with Gasteiger partial charge in [0.15, 0.2) is 0 Å². The third-order valence-electron chi connectivity index (χ3n) is 5.69. The van der Waals surface area contributed by atoms with Gasteiger partial charge < -0.3 is 15.7 Å². The van der Waals surface area contributed by atoms with Crippen LogP contribution in [-0.4, -0.2) is 41.0 Å². The van der Waals surface area contributed by atoms with Gasteiger partial charge in [0.05, 0.1) is 17.4 Å². The molecule has 21 heavy (non-hydrogen) atoms. The van der Waals surface area contributed by atoms with Crippen LogP contribution in [0, 0.1) is 5.41 Å². The fourth-order valence-corrected chi connectivity index (χ4v) is 4.25. The van der Waals surface area contributed by atoms with E-state index in [0.717, 1.165) is 57.8 Å². The molecule has 0 saturated heterocycles. The van der Waals surface area contributed by atoms with Crippen LogP contribution in [0.5, 0.6) is 0 Å². The normalized spacial score (nSPS) is 23.7. The molecule has 5 nitrogen and oxygen atoms in total. The number of amides is 1. The lowest BCUT2D eigenvalue weighted by Crippen LogP contribution is -2.57. The first-order chi connectivity index (χ1) is 9.96. The van der Waals surface area contributed by atoms with Crippen LogP contribution in [0.1, 0.15) is 64.2 Å².